The summed E-state index contributed by atoms with van der Waals surface area (Å²) in [6, 6.07) is 12.4. The number of fused-ring (bicyclic) bond motifs is 4. The molecule has 4 rings (SSSR count). The van der Waals surface area contributed by atoms with Crippen LogP contribution < -0.4 is 4.74 Å². The van der Waals surface area contributed by atoms with Gasteiger partial charge >= 0.3 is 0 Å². The van der Waals surface area contributed by atoms with Gasteiger partial charge in [0, 0.05) is 5.56 Å². The molecule has 0 radical (unpaired) electrons. The first-order valence-corrected chi connectivity index (χ1v) is 5.51. The minimum atomic E-state index is 0.532. The second-order valence-electron chi connectivity index (χ2n) is 4.17. The van der Waals surface area contributed by atoms with Crippen molar-refractivity contribution in [1.82, 2.24) is 5.16 Å². The zero-order valence-electron chi connectivity index (χ0n) is 9.01. The maximum Gasteiger partial charge on any atom is 0.131 e. The number of hydrogen-bond acceptors (Lipinski definition) is 3. The fourth-order valence-corrected chi connectivity index (χ4v) is 2.26. The molecular weight excluding hydrogens is 214 g/mol. The highest BCUT2D eigenvalue weighted by molar-refractivity contribution is 5.90. The average Bonchev–Trinajstić information content (AvgIpc) is 2.85. The molecule has 0 atom stereocenters. The Morgan fingerprint density at radius 3 is 2.76 bits per heavy atom. The van der Waals surface area contributed by atoms with E-state index in [9.17, 15) is 0 Å². The normalized spacial score (nSPS) is 12.9. The molecule has 0 saturated carbocycles. The van der Waals surface area contributed by atoms with Gasteiger partial charge in [0.05, 0.1) is 5.56 Å². The van der Waals surface area contributed by atoms with Crippen LogP contribution >= 0.6 is 0 Å². The van der Waals surface area contributed by atoms with Crippen molar-refractivity contribution >= 4 is 10.8 Å². The monoisotopic (exact) mass is 223 g/mol. The van der Waals surface area contributed by atoms with Crippen LogP contribution in [-0.2, 0) is 6.61 Å². The van der Waals surface area contributed by atoms with E-state index in [0.29, 0.717) is 6.61 Å². The first-order valence-electron chi connectivity index (χ1n) is 5.51. The third-order valence-corrected chi connectivity index (χ3v) is 3.13. The van der Waals surface area contributed by atoms with Crippen molar-refractivity contribution in [2.45, 2.75) is 6.61 Å². The lowest BCUT2D eigenvalue weighted by Gasteiger charge is -2.16. The molecule has 17 heavy (non-hydrogen) atoms. The van der Waals surface area contributed by atoms with Crippen molar-refractivity contribution in [3.63, 3.8) is 0 Å². The van der Waals surface area contributed by atoms with E-state index in [1.54, 1.807) is 6.26 Å². The Morgan fingerprint density at radius 2 is 1.88 bits per heavy atom. The van der Waals surface area contributed by atoms with Gasteiger partial charge in [-0.15, -0.1) is 0 Å². The van der Waals surface area contributed by atoms with E-state index in [4.69, 9.17) is 9.26 Å². The molecule has 0 saturated heterocycles. The first kappa shape index (κ1) is 8.82. The Labute approximate surface area is 97.6 Å². The summed E-state index contributed by atoms with van der Waals surface area (Å²) < 4.78 is 10.7. The lowest BCUT2D eigenvalue weighted by molar-refractivity contribution is 0.302. The Hall–Kier alpha value is -2.29. The molecule has 0 aliphatic carbocycles. The molecule has 0 unspecified atom stereocenters. The third-order valence-electron chi connectivity index (χ3n) is 3.13. The van der Waals surface area contributed by atoms with Gasteiger partial charge in [0.2, 0.25) is 0 Å². The predicted octanol–water partition coefficient (Wildman–Crippen LogP) is 3.39. The highest BCUT2D eigenvalue weighted by Crippen LogP contribution is 2.39. The SMILES string of the molecule is c1ccc2cc3c(cc2c1)OCc1conc1-3. The van der Waals surface area contributed by atoms with Crippen LogP contribution in [0.25, 0.3) is 22.0 Å². The summed E-state index contributed by atoms with van der Waals surface area (Å²) in [6.45, 7) is 0.532. The summed E-state index contributed by atoms with van der Waals surface area (Å²) in [5, 5.41) is 6.41. The number of nitrogens with zero attached hydrogens (tertiary/aromatic N) is 1. The van der Waals surface area contributed by atoms with Gasteiger partial charge in [-0.05, 0) is 22.9 Å². The fourth-order valence-electron chi connectivity index (χ4n) is 2.26. The van der Waals surface area contributed by atoms with Gasteiger partial charge in [-0.2, -0.15) is 0 Å². The molecule has 3 heteroatoms. The summed E-state index contributed by atoms with van der Waals surface area (Å²) >= 11 is 0. The summed E-state index contributed by atoms with van der Waals surface area (Å²) in [5.74, 6) is 0.880. The van der Waals surface area contributed by atoms with Crippen LogP contribution in [-0.4, -0.2) is 5.16 Å². The Kier molecular flexibility index (Phi) is 1.61. The first-order chi connectivity index (χ1) is 8.42. The van der Waals surface area contributed by atoms with E-state index in [0.717, 1.165) is 22.6 Å². The van der Waals surface area contributed by atoms with Crippen molar-refractivity contribution in [2.24, 2.45) is 0 Å². The van der Waals surface area contributed by atoms with E-state index in [-0.39, 0.29) is 0 Å². The summed E-state index contributed by atoms with van der Waals surface area (Å²) in [5.41, 5.74) is 2.92. The van der Waals surface area contributed by atoms with Crippen molar-refractivity contribution in [3.05, 3.63) is 48.2 Å². The van der Waals surface area contributed by atoms with E-state index in [1.807, 2.05) is 12.1 Å². The number of rotatable bonds is 0. The summed E-state index contributed by atoms with van der Waals surface area (Å²) in [6.07, 6.45) is 1.65. The molecule has 0 N–H and O–H groups in total. The van der Waals surface area contributed by atoms with Crippen LogP contribution in [0, 0.1) is 0 Å². The zero-order chi connectivity index (χ0) is 11.2. The van der Waals surface area contributed by atoms with Crippen LogP contribution in [0.1, 0.15) is 5.56 Å². The third kappa shape index (κ3) is 1.19. The smallest absolute Gasteiger partial charge is 0.131 e. The lowest BCUT2D eigenvalue weighted by atomic mass is 10.0. The highest BCUT2D eigenvalue weighted by Gasteiger charge is 2.21. The minimum absolute atomic E-state index is 0.532. The van der Waals surface area contributed by atoms with Gasteiger partial charge in [-0.1, -0.05) is 29.4 Å². The fraction of sp³-hybridized carbons (Fsp3) is 0.0714. The molecule has 0 amide bonds. The second kappa shape index (κ2) is 3.10. The van der Waals surface area contributed by atoms with E-state index >= 15 is 0 Å². The standard InChI is InChI=1S/C14H9NO2/c1-2-4-10-6-13-12(5-9(10)3-1)14-11(7-16-13)8-17-15-14/h1-6,8H,7H2. The molecule has 1 aliphatic heterocycles. The Bertz CT molecular complexity index is 715. The summed E-state index contributed by atoms with van der Waals surface area (Å²) in [7, 11) is 0. The second-order valence-corrected chi connectivity index (χ2v) is 4.17. The highest BCUT2D eigenvalue weighted by atomic mass is 16.5. The number of ether oxygens (including phenoxy) is 1. The maximum atomic E-state index is 5.72. The number of hydrogen-bond donors (Lipinski definition) is 0. The van der Waals surface area contributed by atoms with Gasteiger partial charge in [0.25, 0.3) is 0 Å². The number of benzene rings is 2. The molecule has 3 aromatic rings. The van der Waals surface area contributed by atoms with Crippen LogP contribution in [0.2, 0.25) is 0 Å². The van der Waals surface area contributed by atoms with Gasteiger partial charge in [0.1, 0.15) is 24.3 Å². The Balaban J connectivity index is 2.08. The Morgan fingerprint density at radius 1 is 1.06 bits per heavy atom. The zero-order valence-corrected chi connectivity index (χ0v) is 9.01. The van der Waals surface area contributed by atoms with Crippen LogP contribution in [0.4, 0.5) is 0 Å². The topological polar surface area (TPSA) is 35.3 Å². The van der Waals surface area contributed by atoms with Gasteiger partial charge in [0.15, 0.2) is 0 Å². The van der Waals surface area contributed by atoms with Crippen LogP contribution in [0.5, 0.6) is 5.75 Å². The molecule has 2 aromatic carbocycles. The van der Waals surface area contributed by atoms with Gasteiger partial charge in [-0.25, -0.2) is 0 Å². The van der Waals surface area contributed by atoms with Crippen molar-refractivity contribution in [2.75, 3.05) is 0 Å². The largest absolute Gasteiger partial charge is 0.488 e. The van der Waals surface area contributed by atoms with Crippen molar-refractivity contribution in [3.8, 4) is 17.0 Å². The molecule has 0 fully saturated rings. The van der Waals surface area contributed by atoms with E-state index < -0.39 is 0 Å². The molecule has 2 heterocycles. The molecule has 1 aromatic heterocycles. The number of aromatic nitrogens is 1. The van der Waals surface area contributed by atoms with E-state index in [1.165, 1.54) is 10.8 Å². The molecular formula is C14H9NO2. The summed E-state index contributed by atoms with van der Waals surface area (Å²) in [4.78, 5) is 0. The van der Waals surface area contributed by atoms with Crippen molar-refractivity contribution < 1.29 is 9.26 Å². The predicted molar refractivity (Wildman–Crippen MR) is 63.8 cm³/mol. The van der Waals surface area contributed by atoms with Crippen LogP contribution in [0.3, 0.4) is 0 Å². The van der Waals surface area contributed by atoms with Crippen molar-refractivity contribution in [1.29, 1.82) is 0 Å². The molecule has 82 valence electrons. The maximum absolute atomic E-state index is 5.72. The van der Waals surface area contributed by atoms with Crippen LogP contribution in [0.15, 0.2) is 47.2 Å². The van der Waals surface area contributed by atoms with E-state index in [2.05, 4.69) is 29.4 Å². The quantitative estimate of drug-likeness (QED) is 0.586. The minimum Gasteiger partial charge on any atom is -0.488 e. The molecule has 0 spiro atoms. The van der Waals surface area contributed by atoms with Gasteiger partial charge in [-0.3, -0.25) is 0 Å². The molecule has 0 bridgehead atoms. The average molecular weight is 223 g/mol. The van der Waals surface area contributed by atoms with Gasteiger partial charge < -0.3 is 9.26 Å². The molecule has 3 nitrogen and oxygen atoms in total. The molecule has 1 aliphatic rings. The lowest BCUT2D eigenvalue weighted by Crippen LogP contribution is -2.03.